The predicted octanol–water partition coefficient (Wildman–Crippen LogP) is 15.0. The summed E-state index contributed by atoms with van der Waals surface area (Å²) in [7, 11) is 1.94. The molecule has 22 heteroatoms. The van der Waals surface area contributed by atoms with Crippen LogP contribution in [-0.2, 0) is 32.7 Å². The maximum Gasteiger partial charge on any atom is 0.262 e. The van der Waals surface area contributed by atoms with E-state index in [1.165, 1.54) is 15.5 Å². The number of benzene rings is 5. The van der Waals surface area contributed by atoms with Gasteiger partial charge in [-0.1, -0.05) is 133 Å². The molecule has 0 amide bonds. The monoisotopic (exact) mass is 1340 g/mol. The van der Waals surface area contributed by atoms with Gasteiger partial charge in [0.15, 0.2) is 11.6 Å². The number of nitrogens with zero attached hydrogens (tertiary/aromatic N) is 11. The van der Waals surface area contributed by atoms with Crippen molar-refractivity contribution in [1.82, 2.24) is 71.4 Å². The van der Waals surface area contributed by atoms with E-state index in [2.05, 4.69) is 100 Å². The van der Waals surface area contributed by atoms with Gasteiger partial charge in [0.2, 0.25) is 28.9 Å². The summed E-state index contributed by atoms with van der Waals surface area (Å²) in [4.78, 5) is 98.9. The molecule has 0 aliphatic rings. The number of rotatable bonds is 9. The molecule has 15 aromatic rings. The summed E-state index contributed by atoms with van der Waals surface area (Å²) in [5, 5.41) is 0. The van der Waals surface area contributed by atoms with Gasteiger partial charge in [0.1, 0.15) is 0 Å². The van der Waals surface area contributed by atoms with E-state index in [0.29, 0.717) is 40.9 Å². The van der Waals surface area contributed by atoms with Crippen LogP contribution in [0.25, 0.3) is 84.1 Å². The van der Waals surface area contributed by atoms with Crippen molar-refractivity contribution in [2.24, 2.45) is 7.05 Å². The molecule has 514 valence electrons. The van der Waals surface area contributed by atoms with Crippen molar-refractivity contribution in [2.75, 3.05) is 0 Å². The fraction of sp³-hybridized carbons (Fsp3) is 0.351. The molecule has 15 rings (SSSR count). The van der Waals surface area contributed by atoms with Gasteiger partial charge in [-0.05, 0) is 135 Å². The number of hydrogen-bond acceptors (Lipinski definition) is 10. The van der Waals surface area contributed by atoms with E-state index in [1.807, 2.05) is 153 Å². The van der Waals surface area contributed by atoms with Crippen LogP contribution in [0.5, 0.6) is 0 Å². The second-order valence-corrected chi connectivity index (χ2v) is 26.9. The number of nitrogens with one attached hydrogen (secondary N) is 4. The summed E-state index contributed by atoms with van der Waals surface area (Å²) < 4.78 is 36.8. The molecule has 0 aliphatic heterocycles. The van der Waals surface area contributed by atoms with Crippen LogP contribution in [0.4, 0.5) is 8.78 Å². The molecule has 0 aliphatic carbocycles. The predicted molar refractivity (Wildman–Crippen MR) is 393 cm³/mol. The van der Waals surface area contributed by atoms with Gasteiger partial charge in [0.05, 0.1) is 60.9 Å². The smallest absolute Gasteiger partial charge is 0.262 e. The van der Waals surface area contributed by atoms with Gasteiger partial charge in [-0.25, -0.2) is 55.7 Å². The Hall–Kier alpha value is -10.6. The Morgan fingerprint density at radius 1 is 0.374 bits per heavy atom. The lowest BCUT2D eigenvalue weighted by atomic mass is 10.0. The van der Waals surface area contributed by atoms with Crippen LogP contribution < -0.4 is 27.8 Å². The maximum absolute atomic E-state index is 13.4. The van der Waals surface area contributed by atoms with E-state index < -0.39 is 11.6 Å². The molecule has 0 saturated carbocycles. The Morgan fingerprint density at radius 3 is 1.23 bits per heavy atom. The van der Waals surface area contributed by atoms with Gasteiger partial charge in [0.25, 0.3) is 27.8 Å². The van der Waals surface area contributed by atoms with Gasteiger partial charge in [-0.3, -0.25) is 24.0 Å². The molecule has 0 atom stereocenters. The van der Waals surface area contributed by atoms with Crippen molar-refractivity contribution in [3.05, 3.63) is 228 Å². The van der Waals surface area contributed by atoms with Crippen LogP contribution in [-0.4, -0.2) is 71.4 Å². The average Bonchev–Trinajstić information content (AvgIpc) is 1.65. The zero-order valence-corrected chi connectivity index (χ0v) is 59.7. The highest BCUT2D eigenvalue weighted by molar-refractivity contribution is 5.84. The molecule has 99 heavy (non-hydrogen) atoms. The Kier molecular flexibility index (Phi) is 19.5. The van der Waals surface area contributed by atoms with Crippen LogP contribution in [0.3, 0.4) is 0 Å². The van der Waals surface area contributed by atoms with Gasteiger partial charge >= 0.3 is 0 Å². The molecular weight excluding hydrogens is 1250 g/mol. The van der Waals surface area contributed by atoms with E-state index >= 15 is 0 Å². The molecule has 0 spiro atoms. The minimum Gasteiger partial charge on any atom is -0.328 e. The van der Waals surface area contributed by atoms with E-state index in [9.17, 15) is 32.8 Å². The molecule has 0 fully saturated rings. The van der Waals surface area contributed by atoms with Gasteiger partial charge < -0.3 is 24.5 Å². The highest BCUT2D eigenvalue weighted by Crippen LogP contribution is 2.27. The Morgan fingerprint density at radius 2 is 0.758 bits per heavy atom. The van der Waals surface area contributed by atoms with E-state index in [1.54, 1.807) is 23.7 Å². The van der Waals surface area contributed by atoms with Gasteiger partial charge in [0, 0.05) is 70.3 Å². The van der Waals surface area contributed by atoms with Crippen molar-refractivity contribution >= 4 is 84.1 Å². The number of para-hydroxylation sites is 5. The van der Waals surface area contributed by atoms with Gasteiger partial charge in [-0.15, -0.1) is 0 Å². The number of imidazole rings is 5. The molecule has 4 N–H and O–H groups in total. The summed E-state index contributed by atoms with van der Waals surface area (Å²) in [6.45, 7) is 34.7. The van der Waals surface area contributed by atoms with Crippen molar-refractivity contribution in [1.29, 1.82) is 0 Å². The minimum atomic E-state index is -0.991. The van der Waals surface area contributed by atoms with Crippen LogP contribution in [0.1, 0.15) is 194 Å². The number of halogens is 2. The Balaban J connectivity index is 0.000000125. The molecule has 0 saturated heterocycles. The van der Waals surface area contributed by atoms with Crippen molar-refractivity contribution in [2.45, 2.75) is 173 Å². The molecular formula is C77H87F2N15O5. The average molecular weight is 1340 g/mol. The topological polar surface area (TPSA) is 240 Å². The highest BCUT2D eigenvalue weighted by atomic mass is 19.2. The van der Waals surface area contributed by atoms with Gasteiger partial charge in [-0.2, -0.15) is 0 Å². The molecule has 20 nitrogen and oxygen atoms in total. The number of aromatic nitrogens is 15. The van der Waals surface area contributed by atoms with Crippen LogP contribution in [0, 0.1) is 32.4 Å². The first-order valence-corrected chi connectivity index (χ1v) is 34.1. The maximum atomic E-state index is 13.4. The Labute approximate surface area is 569 Å². The lowest BCUT2D eigenvalue weighted by Gasteiger charge is -2.11. The molecule has 10 aromatic heterocycles. The normalized spacial score (nSPS) is 11.8. The number of fused-ring (bicyclic) bond motifs is 15. The van der Waals surface area contributed by atoms with Crippen molar-refractivity contribution < 1.29 is 8.78 Å². The third kappa shape index (κ3) is 12.5. The zero-order chi connectivity index (χ0) is 71.5. The third-order valence-corrected chi connectivity index (χ3v) is 18.6. The second kappa shape index (κ2) is 27.7. The third-order valence-electron chi connectivity index (χ3n) is 18.6. The molecule has 5 aromatic carbocycles. The van der Waals surface area contributed by atoms with Crippen molar-refractivity contribution in [3.8, 4) is 0 Å². The number of hydrogen-bond donors (Lipinski definition) is 4. The fourth-order valence-electron chi connectivity index (χ4n) is 13.2. The largest absolute Gasteiger partial charge is 0.328 e. The molecule has 10 heterocycles. The van der Waals surface area contributed by atoms with Crippen LogP contribution >= 0.6 is 0 Å². The standard InChI is InChI=1S/C17H21N3O.C16H19N3O.C15H15F2N3O.C15H17N3O.C14H15N3O/c1-6-12-15(9(2)3)19-17-18-13-7-10(4)11(5)8-14(13)20(17)16(12)21;1-5-11-13(9(2)3)17-16-18-14-10(4)7-6-8-12(14)19(16)15(11)20;1-4-8-13(7(2)3)19-15-18-11-5-9(16)10(17)6-12(11)20(15)14(8)21;1-4-10-13(9(2)3)17-15-16-11-7-5-6-8-12(11)18(15)14(10)19;1-9(2)10-8-13(18)17-12-7-5-4-6-11(12)16(3)14(17)15-10/h7-9H,6H2,1-5H3,(H,18,19);6-9H,5H2,1-4H3,(H,17,18);5-7H,4H2,1-3H3,(H,18,19);5-9H,4H2,1-3H3,(H,16,17);4-9H,1-3H3. The summed E-state index contributed by atoms with van der Waals surface area (Å²) in [5.41, 5.74) is 18.9. The number of aryl methyl sites for hydroxylation is 4. The first-order valence-electron chi connectivity index (χ1n) is 34.1. The summed E-state index contributed by atoms with van der Waals surface area (Å²) in [5.74, 6) is 2.18. The van der Waals surface area contributed by atoms with Crippen molar-refractivity contribution in [3.63, 3.8) is 0 Å². The van der Waals surface area contributed by atoms with Crippen LogP contribution in [0.15, 0.2) is 121 Å². The van der Waals surface area contributed by atoms with E-state index in [4.69, 9.17) is 0 Å². The van der Waals surface area contributed by atoms with E-state index in [-0.39, 0.29) is 68.4 Å². The first-order chi connectivity index (χ1) is 47.1. The lowest BCUT2D eigenvalue weighted by molar-refractivity contribution is 0.510. The summed E-state index contributed by atoms with van der Waals surface area (Å²) in [6, 6.07) is 29.2. The SMILES string of the molecule is CC(C)c1cc(=O)n2c3ccccc3n(C)c2n1.CCc1c(C(C)C)[nH]c2nc3c(C)cccc3n2c1=O.CCc1c(C(C)C)[nH]c2nc3cc(C)c(C)cc3n2c1=O.CCc1c(C(C)C)[nH]c2nc3cc(F)c(F)cc3n2c1=O.CCc1c(C(C)C)[nH]c2nc3ccccc3n2c1=O. The number of aromatic amines is 4. The summed E-state index contributed by atoms with van der Waals surface area (Å²) >= 11 is 0. The molecule has 0 radical (unpaired) electrons. The minimum absolute atomic E-state index is 0.0134. The zero-order valence-electron chi connectivity index (χ0n) is 59.7. The fourth-order valence-corrected chi connectivity index (χ4v) is 13.2. The first kappa shape index (κ1) is 69.7. The lowest BCUT2D eigenvalue weighted by Crippen LogP contribution is -2.22. The van der Waals surface area contributed by atoms with E-state index in [0.717, 1.165) is 126 Å². The molecule has 0 unspecified atom stereocenters. The number of H-pyrrole nitrogens is 4. The Bertz CT molecular complexity index is 5810. The highest BCUT2D eigenvalue weighted by Gasteiger charge is 2.23. The second-order valence-electron chi connectivity index (χ2n) is 26.9. The van der Waals surface area contributed by atoms with Crippen LogP contribution in [0.2, 0.25) is 0 Å². The summed E-state index contributed by atoms with van der Waals surface area (Å²) in [6.07, 6.45) is 2.74. The molecule has 0 bridgehead atoms. The quantitative estimate of drug-likeness (QED) is 0.107.